The van der Waals surface area contributed by atoms with Crippen LogP contribution in [0.5, 0.6) is 0 Å². The molecular weight excluding hydrogens is 418 g/mol. The minimum atomic E-state index is -3.13. The number of fused-ring (bicyclic) bond motifs is 1. The molecule has 2 heterocycles. The summed E-state index contributed by atoms with van der Waals surface area (Å²) in [7, 11) is 0. The van der Waals surface area contributed by atoms with Crippen molar-refractivity contribution in [1.29, 1.82) is 5.26 Å². The first-order chi connectivity index (χ1) is 15.7. The van der Waals surface area contributed by atoms with Crippen LogP contribution in [-0.4, -0.2) is 14.8 Å². The number of aromatic nitrogens is 3. The second kappa shape index (κ2) is 8.59. The van der Waals surface area contributed by atoms with Crippen molar-refractivity contribution in [1.82, 2.24) is 14.8 Å². The van der Waals surface area contributed by atoms with Crippen molar-refractivity contribution < 1.29 is 8.78 Å². The molecule has 166 valence electrons. The molecule has 1 atom stereocenters. The molecule has 0 spiro atoms. The number of benzene rings is 2. The summed E-state index contributed by atoms with van der Waals surface area (Å²) in [5.74, 6) is -3.34. The molecule has 4 aromatic rings. The van der Waals surface area contributed by atoms with E-state index in [1.165, 1.54) is 0 Å². The van der Waals surface area contributed by atoms with E-state index in [0.29, 0.717) is 34.6 Å². The highest BCUT2D eigenvalue weighted by molar-refractivity contribution is 5.96. The Bertz CT molecular complexity index is 1370. The first kappa shape index (κ1) is 22.3. The van der Waals surface area contributed by atoms with Gasteiger partial charge in [0.25, 0.3) is 5.92 Å². The minimum Gasteiger partial charge on any atom is -0.264 e. The van der Waals surface area contributed by atoms with Crippen LogP contribution in [0.2, 0.25) is 0 Å². The van der Waals surface area contributed by atoms with E-state index in [1.807, 2.05) is 62.4 Å². The van der Waals surface area contributed by atoms with Crippen LogP contribution in [-0.2, 0) is 12.5 Å². The van der Waals surface area contributed by atoms with E-state index in [9.17, 15) is 8.78 Å². The Morgan fingerprint density at radius 3 is 2.52 bits per heavy atom. The Kier molecular flexibility index (Phi) is 5.82. The van der Waals surface area contributed by atoms with Crippen molar-refractivity contribution in [3.05, 3.63) is 89.4 Å². The molecule has 0 aliphatic carbocycles. The molecule has 33 heavy (non-hydrogen) atoms. The molecule has 2 aromatic carbocycles. The lowest BCUT2D eigenvalue weighted by atomic mass is 9.96. The summed E-state index contributed by atoms with van der Waals surface area (Å²) in [4.78, 5) is 4.55. The number of nitrogens with zero attached hydrogens (tertiary/aromatic N) is 4. The summed E-state index contributed by atoms with van der Waals surface area (Å²) in [5, 5.41) is 14.3. The van der Waals surface area contributed by atoms with Gasteiger partial charge in [0, 0.05) is 23.6 Å². The molecule has 0 aliphatic rings. The van der Waals surface area contributed by atoms with Gasteiger partial charge in [0.05, 0.1) is 29.7 Å². The molecule has 2 aromatic heterocycles. The predicted octanol–water partition coefficient (Wildman–Crippen LogP) is 6.84. The lowest BCUT2D eigenvalue weighted by Gasteiger charge is -2.13. The van der Waals surface area contributed by atoms with Crippen LogP contribution in [0.15, 0.2) is 61.2 Å². The molecule has 0 amide bonds. The second-order valence-electron chi connectivity index (χ2n) is 8.26. The van der Waals surface area contributed by atoms with Gasteiger partial charge in [0.15, 0.2) is 0 Å². The van der Waals surface area contributed by atoms with Crippen molar-refractivity contribution >= 4 is 17.0 Å². The fraction of sp³-hybridized carbons (Fsp3) is 0.222. The number of alkyl halides is 2. The van der Waals surface area contributed by atoms with Crippen molar-refractivity contribution in [2.24, 2.45) is 0 Å². The molecule has 0 radical (unpaired) electrons. The van der Waals surface area contributed by atoms with E-state index in [4.69, 9.17) is 5.26 Å². The maximum absolute atomic E-state index is 14.8. The molecule has 0 bridgehead atoms. The molecule has 0 saturated carbocycles. The normalized spacial score (nSPS) is 12.5. The first-order valence-corrected chi connectivity index (χ1v) is 10.7. The van der Waals surface area contributed by atoms with Crippen LogP contribution in [0.1, 0.15) is 48.0 Å². The van der Waals surface area contributed by atoms with Gasteiger partial charge >= 0.3 is 0 Å². The summed E-state index contributed by atoms with van der Waals surface area (Å²) in [5.41, 5.74) is 4.62. The van der Waals surface area contributed by atoms with Gasteiger partial charge in [-0.1, -0.05) is 49.0 Å². The molecule has 4 rings (SSSR count). The molecule has 4 nitrogen and oxygen atoms in total. The van der Waals surface area contributed by atoms with Crippen LogP contribution >= 0.6 is 0 Å². The highest BCUT2D eigenvalue weighted by atomic mass is 19.3. The summed E-state index contributed by atoms with van der Waals surface area (Å²) in [6, 6.07) is 19.1. The number of para-hydroxylation sites is 1. The Labute approximate surface area is 191 Å². The van der Waals surface area contributed by atoms with E-state index in [2.05, 4.69) is 22.7 Å². The zero-order valence-electron chi connectivity index (χ0n) is 18.8. The van der Waals surface area contributed by atoms with Crippen molar-refractivity contribution in [3.8, 4) is 17.2 Å². The maximum atomic E-state index is 14.8. The van der Waals surface area contributed by atoms with Crippen LogP contribution in [0.4, 0.5) is 8.78 Å². The topological polar surface area (TPSA) is 54.5 Å². The third-order valence-corrected chi connectivity index (χ3v) is 5.84. The molecule has 1 unspecified atom stereocenters. The Morgan fingerprint density at radius 2 is 1.88 bits per heavy atom. The number of pyridine rings is 1. The SMILES string of the molecule is C=Cc1cc(-c2c(C(C)(F)F)nn(Cc3ccc(C(C)C#N)cc3)c2C)c2ccccc2n1. The van der Waals surface area contributed by atoms with Crippen LogP contribution < -0.4 is 0 Å². The third-order valence-electron chi connectivity index (χ3n) is 5.84. The highest BCUT2D eigenvalue weighted by Crippen LogP contribution is 2.40. The van der Waals surface area contributed by atoms with Crippen LogP contribution in [0.3, 0.4) is 0 Å². The van der Waals surface area contributed by atoms with E-state index >= 15 is 0 Å². The van der Waals surface area contributed by atoms with E-state index in [-0.39, 0.29) is 11.6 Å². The highest BCUT2D eigenvalue weighted by Gasteiger charge is 2.34. The molecule has 6 heteroatoms. The largest absolute Gasteiger partial charge is 0.289 e. The quantitative estimate of drug-likeness (QED) is 0.329. The number of hydrogen-bond donors (Lipinski definition) is 0. The fourth-order valence-corrected chi connectivity index (χ4v) is 4.00. The summed E-state index contributed by atoms with van der Waals surface area (Å²) in [6.07, 6.45) is 1.61. The van der Waals surface area contributed by atoms with Gasteiger partial charge in [-0.3, -0.25) is 4.68 Å². The number of halogens is 2. The monoisotopic (exact) mass is 442 g/mol. The Morgan fingerprint density at radius 1 is 1.18 bits per heavy atom. The van der Waals surface area contributed by atoms with Crippen LogP contribution in [0, 0.1) is 18.3 Å². The lowest BCUT2D eigenvalue weighted by molar-refractivity contribution is 0.0127. The average Bonchev–Trinajstić information content (AvgIpc) is 3.14. The zero-order valence-corrected chi connectivity index (χ0v) is 18.8. The van der Waals surface area contributed by atoms with Crippen molar-refractivity contribution in [2.45, 2.75) is 39.2 Å². The van der Waals surface area contributed by atoms with Crippen molar-refractivity contribution in [2.75, 3.05) is 0 Å². The van der Waals surface area contributed by atoms with Gasteiger partial charge in [-0.2, -0.15) is 19.1 Å². The van der Waals surface area contributed by atoms with Gasteiger partial charge in [-0.15, -0.1) is 0 Å². The first-order valence-electron chi connectivity index (χ1n) is 10.7. The van der Waals surface area contributed by atoms with Gasteiger partial charge in [0.2, 0.25) is 0 Å². The smallest absolute Gasteiger partial charge is 0.264 e. The van der Waals surface area contributed by atoms with Crippen molar-refractivity contribution in [3.63, 3.8) is 0 Å². The summed E-state index contributed by atoms with van der Waals surface area (Å²) >= 11 is 0. The Balaban J connectivity index is 1.87. The molecule has 0 N–H and O–H groups in total. The van der Waals surface area contributed by atoms with E-state index in [1.54, 1.807) is 16.8 Å². The molecule has 0 saturated heterocycles. The number of rotatable bonds is 6. The van der Waals surface area contributed by atoms with E-state index < -0.39 is 5.92 Å². The molecular formula is C27H24F2N4. The zero-order chi connectivity index (χ0) is 23.8. The second-order valence-corrected chi connectivity index (χ2v) is 8.26. The van der Waals surface area contributed by atoms with E-state index in [0.717, 1.165) is 23.4 Å². The number of nitriles is 1. The average molecular weight is 443 g/mol. The fourth-order valence-electron chi connectivity index (χ4n) is 4.00. The molecule has 0 fully saturated rings. The summed E-state index contributed by atoms with van der Waals surface area (Å²) in [6.45, 7) is 8.67. The van der Waals surface area contributed by atoms with Gasteiger partial charge in [-0.25, -0.2) is 4.98 Å². The van der Waals surface area contributed by atoms with Gasteiger partial charge < -0.3 is 0 Å². The lowest BCUT2D eigenvalue weighted by Crippen LogP contribution is -2.11. The predicted molar refractivity (Wildman–Crippen MR) is 127 cm³/mol. The standard InChI is InChI=1S/C27H24F2N4/c1-5-21-14-23(22-8-6-7-9-24(22)31-21)25-18(3)33(32-26(25)27(4,28)29)16-19-10-12-20(13-11-19)17(2)15-30/h5-14,17H,1,16H2,2-4H3. The third kappa shape index (κ3) is 4.27. The van der Waals surface area contributed by atoms with Gasteiger partial charge in [0.1, 0.15) is 5.69 Å². The minimum absolute atomic E-state index is 0.207. The van der Waals surface area contributed by atoms with Crippen LogP contribution in [0.25, 0.3) is 28.1 Å². The van der Waals surface area contributed by atoms with Gasteiger partial charge in [-0.05, 0) is 48.7 Å². The summed E-state index contributed by atoms with van der Waals surface area (Å²) < 4.78 is 31.1. The Hall–Kier alpha value is -3.85. The maximum Gasteiger partial charge on any atom is 0.289 e. The number of hydrogen-bond acceptors (Lipinski definition) is 3. The molecule has 0 aliphatic heterocycles.